The molecule has 2 nitrogen and oxygen atoms in total. The van der Waals surface area contributed by atoms with Crippen molar-refractivity contribution in [1.29, 1.82) is 0 Å². The number of para-hydroxylation sites is 1. The lowest BCUT2D eigenvalue weighted by Crippen LogP contribution is -2.29. The molecule has 31 heavy (non-hydrogen) atoms. The maximum Gasteiger partial charge on any atom is 0.123 e. The number of aryl methyl sites for hydroxylation is 1. The number of hydrogen-bond donors (Lipinski definition) is 2. The van der Waals surface area contributed by atoms with Crippen molar-refractivity contribution in [3.05, 3.63) is 94.5 Å². The summed E-state index contributed by atoms with van der Waals surface area (Å²) in [6, 6.07) is 22.7. The van der Waals surface area contributed by atoms with Gasteiger partial charge in [0, 0.05) is 17.1 Å². The summed E-state index contributed by atoms with van der Waals surface area (Å²) in [6.45, 7) is 10.3. The van der Waals surface area contributed by atoms with E-state index in [0.29, 0.717) is 20.8 Å². The van der Waals surface area contributed by atoms with Gasteiger partial charge in [-0.15, -0.1) is 0 Å². The molecule has 0 amide bonds. The lowest BCUT2D eigenvalue weighted by atomic mass is 9.89. The van der Waals surface area contributed by atoms with Gasteiger partial charge < -0.3 is 10.2 Å². The molecule has 0 fully saturated rings. The maximum absolute atomic E-state index is 11.4. The fourth-order valence-electron chi connectivity index (χ4n) is 4.39. The second kappa shape index (κ2) is 9.55. The van der Waals surface area contributed by atoms with Gasteiger partial charge in [-0.1, -0.05) is 89.2 Å². The Morgan fingerprint density at radius 1 is 0.806 bits per heavy atom. The van der Waals surface area contributed by atoms with Crippen molar-refractivity contribution < 1.29 is 10.2 Å². The summed E-state index contributed by atoms with van der Waals surface area (Å²) in [7, 11) is 0.455. The number of phenols is 1. The lowest BCUT2D eigenvalue weighted by molar-refractivity contribution is 0.0796. The predicted molar refractivity (Wildman–Crippen MR) is 134 cm³/mol. The van der Waals surface area contributed by atoms with E-state index in [9.17, 15) is 10.2 Å². The SMILES string of the molecule is CCC(CC)(Pc1c(C)cccc1C(C)(C)O)c1cccc(Cc2ccccc2)c1O. The molecule has 0 saturated carbocycles. The van der Waals surface area contributed by atoms with Crippen LogP contribution >= 0.6 is 8.58 Å². The molecule has 3 rings (SSSR count). The lowest BCUT2D eigenvalue weighted by Gasteiger charge is -2.36. The Kier molecular flexibility index (Phi) is 7.24. The number of benzene rings is 3. The quantitative estimate of drug-likeness (QED) is 0.395. The van der Waals surface area contributed by atoms with E-state index in [-0.39, 0.29) is 5.16 Å². The van der Waals surface area contributed by atoms with E-state index in [4.69, 9.17) is 0 Å². The Morgan fingerprint density at radius 3 is 2.03 bits per heavy atom. The third-order valence-electron chi connectivity index (χ3n) is 6.38. The fourth-order valence-corrected chi connectivity index (χ4v) is 6.37. The number of aromatic hydroxyl groups is 1. The van der Waals surface area contributed by atoms with Gasteiger partial charge in [-0.05, 0) is 61.2 Å². The molecule has 0 heterocycles. The van der Waals surface area contributed by atoms with Gasteiger partial charge >= 0.3 is 0 Å². The standard InChI is InChI=1S/C28H35O2P/c1-6-28(7-2,31-26-20(3)13-11-18-24(26)27(4,5)30)23-17-12-16-22(25(23)29)19-21-14-9-8-10-15-21/h8-18,29-31H,6-7,19H2,1-5H3. The average Bonchev–Trinajstić information content (AvgIpc) is 2.75. The van der Waals surface area contributed by atoms with E-state index in [1.165, 1.54) is 16.4 Å². The summed E-state index contributed by atoms with van der Waals surface area (Å²) in [5.41, 5.74) is 4.46. The molecular formula is C28H35O2P. The monoisotopic (exact) mass is 434 g/mol. The number of aliphatic hydroxyl groups is 1. The molecule has 2 N–H and O–H groups in total. The van der Waals surface area contributed by atoms with Crippen molar-refractivity contribution in [3.8, 4) is 5.75 Å². The maximum atomic E-state index is 11.4. The summed E-state index contributed by atoms with van der Waals surface area (Å²) >= 11 is 0. The molecule has 0 aliphatic carbocycles. The molecule has 3 aromatic rings. The van der Waals surface area contributed by atoms with Crippen LogP contribution in [0.15, 0.2) is 66.7 Å². The van der Waals surface area contributed by atoms with Gasteiger partial charge in [-0.3, -0.25) is 0 Å². The van der Waals surface area contributed by atoms with Crippen LogP contribution in [0, 0.1) is 6.92 Å². The van der Waals surface area contributed by atoms with Gasteiger partial charge in [0.25, 0.3) is 0 Å². The molecule has 0 spiro atoms. The van der Waals surface area contributed by atoms with Crippen molar-refractivity contribution in [2.45, 2.75) is 64.6 Å². The fraction of sp³-hybridized carbons (Fsp3) is 0.357. The molecule has 0 aliphatic rings. The first-order valence-corrected chi connectivity index (χ1v) is 12.2. The van der Waals surface area contributed by atoms with Crippen molar-refractivity contribution in [2.24, 2.45) is 0 Å². The molecule has 1 unspecified atom stereocenters. The number of phenolic OH excluding ortho intramolecular Hbond substituents is 1. The third-order valence-corrected chi connectivity index (χ3v) is 8.74. The van der Waals surface area contributed by atoms with Crippen LogP contribution in [0.25, 0.3) is 0 Å². The molecule has 0 saturated heterocycles. The van der Waals surface area contributed by atoms with E-state index >= 15 is 0 Å². The van der Waals surface area contributed by atoms with E-state index in [1.807, 2.05) is 50.2 Å². The van der Waals surface area contributed by atoms with E-state index in [0.717, 1.165) is 29.5 Å². The molecule has 3 aromatic carbocycles. The Balaban J connectivity index is 2.08. The van der Waals surface area contributed by atoms with Crippen molar-refractivity contribution in [3.63, 3.8) is 0 Å². The van der Waals surface area contributed by atoms with Crippen LogP contribution in [0.2, 0.25) is 0 Å². The van der Waals surface area contributed by atoms with Crippen LogP contribution in [0.1, 0.15) is 68.4 Å². The van der Waals surface area contributed by atoms with Gasteiger partial charge in [-0.2, -0.15) is 0 Å². The highest BCUT2D eigenvalue weighted by Gasteiger charge is 2.34. The predicted octanol–water partition coefficient (Wildman–Crippen LogP) is 6.54. The molecule has 0 bridgehead atoms. The zero-order valence-electron chi connectivity index (χ0n) is 19.4. The third kappa shape index (κ3) is 5.03. The number of hydrogen-bond acceptors (Lipinski definition) is 2. The molecule has 1 atom stereocenters. The van der Waals surface area contributed by atoms with E-state index in [1.54, 1.807) is 0 Å². The highest BCUT2D eigenvalue weighted by atomic mass is 31.1. The minimum absolute atomic E-state index is 0.178. The first kappa shape index (κ1) is 23.5. The zero-order chi connectivity index (χ0) is 22.6. The molecule has 0 radical (unpaired) electrons. The molecule has 0 aromatic heterocycles. The highest BCUT2D eigenvalue weighted by molar-refractivity contribution is 7.48. The zero-order valence-corrected chi connectivity index (χ0v) is 20.4. The first-order chi connectivity index (χ1) is 14.7. The Hall–Kier alpha value is -2.15. The smallest absolute Gasteiger partial charge is 0.123 e. The first-order valence-electron chi connectivity index (χ1n) is 11.2. The summed E-state index contributed by atoms with van der Waals surface area (Å²) in [5, 5.41) is 23.2. The Morgan fingerprint density at radius 2 is 1.42 bits per heavy atom. The van der Waals surface area contributed by atoms with Crippen molar-refractivity contribution in [2.75, 3.05) is 0 Å². The minimum Gasteiger partial charge on any atom is -0.507 e. The summed E-state index contributed by atoms with van der Waals surface area (Å²) in [5.74, 6) is 0.418. The van der Waals surface area contributed by atoms with Gasteiger partial charge in [0.2, 0.25) is 0 Å². The van der Waals surface area contributed by atoms with Gasteiger partial charge in [0.15, 0.2) is 0 Å². The summed E-state index contributed by atoms with van der Waals surface area (Å²) in [4.78, 5) is 0. The topological polar surface area (TPSA) is 40.5 Å². The van der Waals surface area contributed by atoms with Crippen LogP contribution in [-0.2, 0) is 17.2 Å². The molecule has 164 valence electrons. The Bertz CT molecular complexity index is 1010. The second-order valence-electron chi connectivity index (χ2n) is 8.95. The largest absolute Gasteiger partial charge is 0.507 e. The van der Waals surface area contributed by atoms with Gasteiger partial charge in [0.1, 0.15) is 5.75 Å². The van der Waals surface area contributed by atoms with E-state index < -0.39 is 5.60 Å². The van der Waals surface area contributed by atoms with Crippen molar-refractivity contribution >= 4 is 13.9 Å². The molecule has 3 heteroatoms. The Labute approximate surface area is 189 Å². The van der Waals surface area contributed by atoms with Crippen molar-refractivity contribution in [1.82, 2.24) is 0 Å². The van der Waals surface area contributed by atoms with Crippen LogP contribution in [-0.4, -0.2) is 10.2 Å². The van der Waals surface area contributed by atoms with Crippen LogP contribution in [0.3, 0.4) is 0 Å². The minimum atomic E-state index is -0.904. The van der Waals surface area contributed by atoms with E-state index in [2.05, 4.69) is 51.1 Å². The van der Waals surface area contributed by atoms with Crippen LogP contribution < -0.4 is 5.30 Å². The molecule has 0 aliphatic heterocycles. The van der Waals surface area contributed by atoms with Gasteiger partial charge in [-0.25, -0.2) is 0 Å². The van der Waals surface area contributed by atoms with Gasteiger partial charge in [0.05, 0.1) is 5.60 Å². The van der Waals surface area contributed by atoms with Crippen LogP contribution in [0.4, 0.5) is 0 Å². The second-order valence-corrected chi connectivity index (χ2v) is 10.7. The highest BCUT2D eigenvalue weighted by Crippen LogP contribution is 2.51. The number of rotatable bonds is 8. The van der Waals surface area contributed by atoms with Crippen LogP contribution in [0.5, 0.6) is 5.75 Å². The summed E-state index contributed by atoms with van der Waals surface area (Å²) in [6.07, 6.45) is 2.56. The normalized spacial score (nSPS) is 12.6. The average molecular weight is 435 g/mol. The summed E-state index contributed by atoms with van der Waals surface area (Å²) < 4.78 is 0. The molecular weight excluding hydrogens is 399 g/mol.